The molecule has 11 heteroatoms. The van der Waals surface area contributed by atoms with Crippen molar-refractivity contribution < 1.29 is 14.0 Å². The Morgan fingerprint density at radius 1 is 1.23 bits per heavy atom. The molecule has 2 amide bonds. The molecule has 3 heterocycles. The van der Waals surface area contributed by atoms with Gasteiger partial charge in [-0.25, -0.2) is 9.37 Å². The van der Waals surface area contributed by atoms with Crippen LogP contribution in [0.15, 0.2) is 40.6 Å². The Kier molecular flexibility index (Phi) is 6.30. The first kappa shape index (κ1) is 21.4. The van der Waals surface area contributed by atoms with Crippen molar-refractivity contribution in [3.8, 4) is 0 Å². The number of thiazole rings is 1. The van der Waals surface area contributed by atoms with E-state index in [2.05, 4.69) is 15.2 Å². The molecule has 0 saturated carbocycles. The summed E-state index contributed by atoms with van der Waals surface area (Å²) in [6.45, 7) is 2.48. The summed E-state index contributed by atoms with van der Waals surface area (Å²) in [6.07, 6.45) is 1.70. The molecule has 1 saturated heterocycles. The van der Waals surface area contributed by atoms with Gasteiger partial charge in [0.1, 0.15) is 5.82 Å². The van der Waals surface area contributed by atoms with Gasteiger partial charge in [0.2, 0.25) is 5.91 Å². The van der Waals surface area contributed by atoms with Gasteiger partial charge in [0.25, 0.3) is 11.5 Å². The fourth-order valence-corrected chi connectivity index (χ4v) is 4.41. The van der Waals surface area contributed by atoms with E-state index in [9.17, 15) is 18.8 Å². The molecule has 0 atom stereocenters. The van der Waals surface area contributed by atoms with Crippen LogP contribution in [0.4, 0.5) is 4.39 Å². The smallest absolute Gasteiger partial charge is 0.258 e. The molecule has 1 aromatic carbocycles. The summed E-state index contributed by atoms with van der Waals surface area (Å²) < 4.78 is 15.3. The number of aromatic nitrogens is 2. The van der Waals surface area contributed by atoms with E-state index in [1.54, 1.807) is 11.1 Å². The minimum Gasteiger partial charge on any atom is -0.343 e. The van der Waals surface area contributed by atoms with Crippen LogP contribution < -0.4 is 10.9 Å². The van der Waals surface area contributed by atoms with Crippen LogP contribution in [0.2, 0.25) is 5.02 Å². The number of halogens is 2. The zero-order chi connectivity index (χ0) is 22.0. The number of piperazine rings is 1. The SMILES string of the molecule is O=C(NCC(=O)N1CCN(Cc2cc(=O)n3ccsc3n2)CC1)c1c(F)cccc1Cl. The summed E-state index contributed by atoms with van der Waals surface area (Å²) in [6, 6.07) is 5.49. The molecular weight excluding hydrogens is 445 g/mol. The Morgan fingerprint density at radius 3 is 2.74 bits per heavy atom. The van der Waals surface area contributed by atoms with Gasteiger partial charge in [0.15, 0.2) is 4.96 Å². The number of carbonyl (C=O) groups is 2. The van der Waals surface area contributed by atoms with Crippen LogP contribution in [-0.4, -0.2) is 63.7 Å². The van der Waals surface area contributed by atoms with Crippen molar-refractivity contribution in [2.45, 2.75) is 6.54 Å². The second-order valence-electron chi connectivity index (χ2n) is 7.08. The van der Waals surface area contributed by atoms with E-state index in [1.807, 2.05) is 5.38 Å². The highest BCUT2D eigenvalue weighted by Gasteiger charge is 2.23. The highest BCUT2D eigenvalue weighted by atomic mass is 35.5. The molecule has 1 aliphatic heterocycles. The quantitative estimate of drug-likeness (QED) is 0.621. The number of fused-ring (bicyclic) bond motifs is 1. The van der Waals surface area contributed by atoms with Gasteiger partial charge < -0.3 is 10.2 Å². The Hall–Kier alpha value is -2.82. The second kappa shape index (κ2) is 9.13. The Morgan fingerprint density at radius 2 is 2.00 bits per heavy atom. The Balaban J connectivity index is 1.28. The summed E-state index contributed by atoms with van der Waals surface area (Å²) in [4.78, 5) is 45.7. The van der Waals surface area contributed by atoms with Crippen molar-refractivity contribution in [1.29, 1.82) is 0 Å². The van der Waals surface area contributed by atoms with Crippen molar-refractivity contribution >= 4 is 39.7 Å². The van der Waals surface area contributed by atoms with Gasteiger partial charge in [-0.1, -0.05) is 17.7 Å². The largest absolute Gasteiger partial charge is 0.343 e. The van der Waals surface area contributed by atoms with E-state index in [-0.39, 0.29) is 28.6 Å². The molecule has 8 nitrogen and oxygen atoms in total. The van der Waals surface area contributed by atoms with Gasteiger partial charge in [0.05, 0.1) is 22.8 Å². The molecule has 0 spiro atoms. The molecule has 31 heavy (non-hydrogen) atoms. The lowest BCUT2D eigenvalue weighted by Gasteiger charge is -2.34. The number of rotatable bonds is 5. The van der Waals surface area contributed by atoms with Crippen molar-refractivity contribution in [2.24, 2.45) is 0 Å². The lowest BCUT2D eigenvalue weighted by molar-refractivity contribution is -0.131. The lowest BCUT2D eigenvalue weighted by Crippen LogP contribution is -2.51. The van der Waals surface area contributed by atoms with E-state index >= 15 is 0 Å². The van der Waals surface area contributed by atoms with Gasteiger partial charge in [0, 0.05) is 50.4 Å². The van der Waals surface area contributed by atoms with E-state index in [0.29, 0.717) is 43.4 Å². The maximum Gasteiger partial charge on any atom is 0.258 e. The molecule has 1 fully saturated rings. The number of amides is 2. The molecule has 3 aromatic rings. The molecule has 1 N–H and O–H groups in total. The number of nitrogens with one attached hydrogen (secondary N) is 1. The third kappa shape index (κ3) is 4.76. The van der Waals surface area contributed by atoms with E-state index in [1.165, 1.54) is 33.9 Å². The van der Waals surface area contributed by atoms with Crippen LogP contribution in [0.5, 0.6) is 0 Å². The third-order valence-corrected chi connectivity index (χ3v) is 6.13. The highest BCUT2D eigenvalue weighted by molar-refractivity contribution is 7.15. The summed E-state index contributed by atoms with van der Waals surface area (Å²) in [5.41, 5.74) is 0.315. The zero-order valence-corrected chi connectivity index (χ0v) is 18.0. The minimum atomic E-state index is -0.736. The van der Waals surface area contributed by atoms with Gasteiger partial charge in [-0.3, -0.25) is 23.7 Å². The third-order valence-electron chi connectivity index (χ3n) is 5.06. The fourth-order valence-electron chi connectivity index (χ4n) is 3.42. The minimum absolute atomic E-state index is 0.00690. The monoisotopic (exact) mass is 463 g/mol. The molecule has 0 bridgehead atoms. The van der Waals surface area contributed by atoms with Crippen molar-refractivity contribution in [3.05, 3.63) is 68.3 Å². The maximum atomic E-state index is 13.8. The number of carbonyl (C=O) groups excluding carboxylic acids is 2. The van der Waals surface area contributed by atoms with Crippen LogP contribution in [-0.2, 0) is 11.3 Å². The Bertz CT molecular complexity index is 1170. The molecular formula is C20H19ClFN5O3S. The fraction of sp³-hybridized carbons (Fsp3) is 0.300. The van der Waals surface area contributed by atoms with Crippen LogP contribution in [0.1, 0.15) is 16.1 Å². The maximum absolute atomic E-state index is 13.8. The standard InChI is InChI=1S/C20H19ClFN5O3S/c21-14-2-1-3-15(22)18(14)19(30)23-11-17(29)26-6-4-25(5-7-26)12-13-10-16(28)27-8-9-31-20(27)24-13/h1-3,8-10H,4-7,11-12H2,(H,23,30). The average molecular weight is 464 g/mol. The molecule has 4 rings (SSSR count). The molecule has 0 unspecified atom stereocenters. The first-order valence-corrected chi connectivity index (χ1v) is 10.9. The van der Waals surface area contributed by atoms with Crippen molar-refractivity contribution in [1.82, 2.24) is 24.5 Å². The van der Waals surface area contributed by atoms with Crippen molar-refractivity contribution in [2.75, 3.05) is 32.7 Å². The lowest BCUT2D eigenvalue weighted by atomic mass is 10.2. The number of hydrogen-bond acceptors (Lipinski definition) is 6. The first-order valence-electron chi connectivity index (χ1n) is 9.60. The summed E-state index contributed by atoms with van der Waals surface area (Å²) in [5, 5.41) is 4.24. The molecule has 162 valence electrons. The molecule has 2 aromatic heterocycles. The highest BCUT2D eigenvalue weighted by Crippen LogP contribution is 2.18. The van der Waals surface area contributed by atoms with Gasteiger partial charge in [-0.15, -0.1) is 11.3 Å². The zero-order valence-electron chi connectivity index (χ0n) is 16.4. The van der Waals surface area contributed by atoms with Crippen LogP contribution in [0.25, 0.3) is 4.96 Å². The molecule has 1 aliphatic rings. The van der Waals surface area contributed by atoms with E-state index in [4.69, 9.17) is 11.6 Å². The van der Waals surface area contributed by atoms with E-state index in [0.717, 1.165) is 6.07 Å². The average Bonchev–Trinajstić information content (AvgIpc) is 3.22. The number of hydrogen-bond donors (Lipinski definition) is 1. The molecule has 0 aliphatic carbocycles. The first-order chi connectivity index (χ1) is 14.9. The molecule has 0 radical (unpaired) electrons. The predicted octanol–water partition coefficient (Wildman–Crippen LogP) is 1.62. The van der Waals surface area contributed by atoms with Crippen LogP contribution in [0.3, 0.4) is 0 Å². The Labute approximate surface area is 185 Å². The van der Waals surface area contributed by atoms with Gasteiger partial charge >= 0.3 is 0 Å². The number of nitrogens with zero attached hydrogens (tertiary/aromatic N) is 4. The number of benzene rings is 1. The topological polar surface area (TPSA) is 87.0 Å². The van der Waals surface area contributed by atoms with Gasteiger partial charge in [-0.05, 0) is 12.1 Å². The van der Waals surface area contributed by atoms with E-state index < -0.39 is 11.7 Å². The normalized spacial score (nSPS) is 14.7. The van der Waals surface area contributed by atoms with Gasteiger partial charge in [-0.2, -0.15) is 0 Å². The van der Waals surface area contributed by atoms with Crippen LogP contribution >= 0.6 is 22.9 Å². The van der Waals surface area contributed by atoms with Crippen molar-refractivity contribution in [3.63, 3.8) is 0 Å². The summed E-state index contributed by atoms with van der Waals surface area (Å²) in [5.74, 6) is -1.71. The predicted molar refractivity (Wildman–Crippen MR) is 115 cm³/mol. The summed E-state index contributed by atoms with van der Waals surface area (Å²) in [7, 11) is 0. The second-order valence-corrected chi connectivity index (χ2v) is 8.36. The summed E-state index contributed by atoms with van der Waals surface area (Å²) >= 11 is 7.28. The van der Waals surface area contributed by atoms with Crippen LogP contribution in [0, 0.1) is 5.82 Å².